The third-order valence-electron chi connectivity index (χ3n) is 2.80. The van der Waals surface area contributed by atoms with E-state index in [1.165, 1.54) is 9.13 Å². The minimum atomic E-state index is 0.297. The zero-order valence-corrected chi connectivity index (χ0v) is 13.2. The Balaban J connectivity index is 2.27. The van der Waals surface area contributed by atoms with E-state index >= 15 is 0 Å². The average Bonchev–Trinajstić information content (AvgIpc) is 2.39. The second-order valence-electron chi connectivity index (χ2n) is 3.97. The van der Waals surface area contributed by atoms with Gasteiger partial charge in [-0.2, -0.15) is 0 Å². The van der Waals surface area contributed by atoms with Crippen LogP contribution in [0.4, 0.5) is 0 Å². The Morgan fingerprint density at radius 2 is 1.82 bits per heavy atom. The highest BCUT2D eigenvalue weighted by Crippen LogP contribution is 2.38. The van der Waals surface area contributed by atoms with E-state index in [1.807, 2.05) is 18.3 Å². The number of nitrogens with zero attached hydrogens (tertiary/aromatic N) is 1. The molecular formula is C14H13BrIN. The quantitative estimate of drug-likeness (QED) is 0.525. The monoisotopic (exact) mass is 401 g/mol. The molecule has 0 N–H and O–H groups in total. The summed E-state index contributed by atoms with van der Waals surface area (Å²) >= 11 is 6.17. The van der Waals surface area contributed by atoms with E-state index in [4.69, 9.17) is 0 Å². The van der Waals surface area contributed by atoms with Crippen LogP contribution < -0.4 is 0 Å². The van der Waals surface area contributed by atoms with Crippen molar-refractivity contribution in [3.63, 3.8) is 0 Å². The van der Waals surface area contributed by atoms with Gasteiger partial charge in [0.1, 0.15) is 0 Å². The third-order valence-corrected chi connectivity index (χ3v) is 5.06. The molecule has 1 nitrogen and oxygen atoms in total. The Morgan fingerprint density at radius 1 is 1.12 bits per heavy atom. The number of alkyl halides is 1. The van der Waals surface area contributed by atoms with Crippen molar-refractivity contribution >= 4 is 38.5 Å². The summed E-state index contributed by atoms with van der Waals surface area (Å²) in [6, 6.07) is 14.5. The van der Waals surface area contributed by atoms with Crippen LogP contribution in [0.3, 0.4) is 0 Å². The van der Waals surface area contributed by atoms with Crippen molar-refractivity contribution in [2.45, 2.75) is 17.7 Å². The highest BCUT2D eigenvalue weighted by atomic mass is 127. The number of benzene rings is 1. The van der Waals surface area contributed by atoms with E-state index in [9.17, 15) is 0 Å². The van der Waals surface area contributed by atoms with Crippen LogP contribution in [0.2, 0.25) is 0 Å². The van der Waals surface area contributed by atoms with Crippen LogP contribution in [0.5, 0.6) is 0 Å². The number of hydrogen-bond acceptors (Lipinski definition) is 1. The van der Waals surface area contributed by atoms with E-state index in [1.54, 1.807) is 0 Å². The molecule has 0 radical (unpaired) electrons. The highest BCUT2D eigenvalue weighted by Gasteiger charge is 2.20. The van der Waals surface area contributed by atoms with Crippen LogP contribution in [0.15, 0.2) is 48.7 Å². The van der Waals surface area contributed by atoms with Gasteiger partial charge in [-0.3, -0.25) is 4.98 Å². The van der Waals surface area contributed by atoms with Gasteiger partial charge in [-0.1, -0.05) is 47.1 Å². The fourth-order valence-corrected chi connectivity index (χ4v) is 3.58. The lowest BCUT2D eigenvalue weighted by Gasteiger charge is -2.19. The standard InChI is InChI=1S/C14H13BrIN/c1-10(13-8-4-5-9-17-13)14(15)11-6-2-3-7-12(11)16/h2-10,14H,1H3. The molecule has 0 spiro atoms. The first-order valence-corrected chi connectivity index (χ1v) is 7.49. The molecule has 0 aliphatic rings. The van der Waals surface area contributed by atoms with Crippen molar-refractivity contribution in [2.75, 3.05) is 0 Å². The van der Waals surface area contributed by atoms with Gasteiger partial charge in [0.05, 0.1) is 0 Å². The van der Waals surface area contributed by atoms with E-state index in [2.05, 4.69) is 80.8 Å². The van der Waals surface area contributed by atoms with Crippen LogP contribution in [0.25, 0.3) is 0 Å². The predicted octanol–water partition coefficient (Wildman–Crippen LogP) is 4.93. The fraction of sp³-hybridized carbons (Fsp3) is 0.214. The first-order chi connectivity index (χ1) is 8.20. The Morgan fingerprint density at radius 3 is 2.47 bits per heavy atom. The number of rotatable bonds is 3. The zero-order chi connectivity index (χ0) is 12.3. The molecule has 3 heteroatoms. The van der Waals surface area contributed by atoms with Crippen LogP contribution in [-0.4, -0.2) is 4.98 Å². The van der Waals surface area contributed by atoms with Crippen LogP contribution in [-0.2, 0) is 0 Å². The van der Waals surface area contributed by atoms with Gasteiger partial charge < -0.3 is 0 Å². The molecule has 1 aromatic heterocycles. The zero-order valence-electron chi connectivity index (χ0n) is 9.48. The second kappa shape index (κ2) is 5.96. The van der Waals surface area contributed by atoms with Crippen molar-refractivity contribution < 1.29 is 0 Å². The van der Waals surface area contributed by atoms with E-state index < -0.39 is 0 Å². The van der Waals surface area contributed by atoms with Gasteiger partial charge >= 0.3 is 0 Å². The number of pyridine rings is 1. The summed E-state index contributed by atoms with van der Waals surface area (Å²) in [5.74, 6) is 0.354. The molecule has 2 aromatic rings. The lowest BCUT2D eigenvalue weighted by Crippen LogP contribution is -2.05. The Hall–Kier alpha value is -0.420. The summed E-state index contributed by atoms with van der Waals surface area (Å²) in [5, 5.41) is 0. The summed E-state index contributed by atoms with van der Waals surface area (Å²) in [4.78, 5) is 4.72. The summed E-state index contributed by atoms with van der Waals surface area (Å²) in [7, 11) is 0. The van der Waals surface area contributed by atoms with Crippen molar-refractivity contribution in [3.05, 3.63) is 63.5 Å². The van der Waals surface area contributed by atoms with E-state index in [0.717, 1.165) is 5.69 Å². The van der Waals surface area contributed by atoms with Gasteiger partial charge in [0, 0.05) is 26.2 Å². The van der Waals surface area contributed by atoms with Crippen molar-refractivity contribution in [1.29, 1.82) is 0 Å². The molecule has 0 amide bonds. The van der Waals surface area contributed by atoms with E-state index in [0.29, 0.717) is 10.7 Å². The predicted molar refractivity (Wildman–Crippen MR) is 83.5 cm³/mol. The molecule has 2 unspecified atom stereocenters. The number of halogens is 2. The van der Waals surface area contributed by atoms with Gasteiger partial charge in [-0.25, -0.2) is 0 Å². The maximum absolute atomic E-state index is 4.42. The van der Waals surface area contributed by atoms with Crippen molar-refractivity contribution in [2.24, 2.45) is 0 Å². The van der Waals surface area contributed by atoms with Gasteiger partial charge in [-0.15, -0.1) is 0 Å². The number of hydrogen-bond donors (Lipinski definition) is 0. The van der Waals surface area contributed by atoms with Crippen LogP contribution in [0, 0.1) is 3.57 Å². The Kier molecular flexibility index (Phi) is 4.56. The summed E-state index contributed by atoms with van der Waals surface area (Å²) < 4.78 is 1.29. The normalized spacial score (nSPS) is 14.3. The van der Waals surface area contributed by atoms with Crippen LogP contribution in [0.1, 0.15) is 28.9 Å². The SMILES string of the molecule is CC(c1ccccn1)C(Br)c1ccccc1I. The molecular weight excluding hydrogens is 389 g/mol. The first kappa shape index (κ1) is 13.0. The average molecular weight is 402 g/mol. The van der Waals surface area contributed by atoms with E-state index in [-0.39, 0.29) is 0 Å². The first-order valence-electron chi connectivity index (χ1n) is 5.49. The molecule has 17 heavy (non-hydrogen) atoms. The topological polar surface area (TPSA) is 12.9 Å². The fourth-order valence-electron chi connectivity index (χ4n) is 1.76. The van der Waals surface area contributed by atoms with Gasteiger partial charge in [0.2, 0.25) is 0 Å². The molecule has 0 bridgehead atoms. The van der Waals surface area contributed by atoms with Crippen molar-refractivity contribution in [3.8, 4) is 0 Å². The molecule has 1 aromatic carbocycles. The van der Waals surface area contributed by atoms with Gasteiger partial charge in [-0.05, 0) is 46.4 Å². The highest BCUT2D eigenvalue weighted by molar-refractivity contribution is 14.1. The third kappa shape index (κ3) is 3.07. The summed E-state index contributed by atoms with van der Waals surface area (Å²) in [6.45, 7) is 2.20. The molecule has 2 atom stereocenters. The van der Waals surface area contributed by atoms with Crippen molar-refractivity contribution in [1.82, 2.24) is 4.98 Å². The molecule has 0 fully saturated rings. The lowest BCUT2D eigenvalue weighted by atomic mass is 9.97. The van der Waals surface area contributed by atoms with Gasteiger partial charge in [0.25, 0.3) is 0 Å². The maximum atomic E-state index is 4.42. The molecule has 0 aliphatic heterocycles. The molecule has 1 heterocycles. The smallest absolute Gasteiger partial charge is 0.0486 e. The van der Waals surface area contributed by atoms with Crippen LogP contribution >= 0.6 is 38.5 Å². The number of aromatic nitrogens is 1. The minimum Gasteiger partial charge on any atom is -0.261 e. The molecule has 0 saturated heterocycles. The Labute approximate surface area is 124 Å². The molecule has 2 rings (SSSR count). The second-order valence-corrected chi connectivity index (χ2v) is 6.12. The largest absolute Gasteiger partial charge is 0.261 e. The molecule has 88 valence electrons. The summed E-state index contributed by atoms with van der Waals surface area (Å²) in [6.07, 6.45) is 1.85. The summed E-state index contributed by atoms with van der Waals surface area (Å²) in [5.41, 5.74) is 2.44. The lowest BCUT2D eigenvalue weighted by molar-refractivity contribution is 0.722. The molecule has 0 saturated carbocycles. The maximum Gasteiger partial charge on any atom is 0.0486 e. The minimum absolute atomic E-state index is 0.297. The molecule has 0 aliphatic carbocycles. The Bertz CT molecular complexity index is 487. The van der Waals surface area contributed by atoms with Gasteiger partial charge in [0.15, 0.2) is 0 Å².